The third kappa shape index (κ3) is 3.72. The minimum atomic E-state index is -0.220. The molecule has 0 fully saturated rings. The van der Waals surface area contributed by atoms with Gasteiger partial charge in [0, 0.05) is 11.5 Å². The van der Waals surface area contributed by atoms with Crippen molar-refractivity contribution in [3.05, 3.63) is 52.7 Å². The molecule has 1 aliphatic rings. The Hall–Kier alpha value is -2.64. The van der Waals surface area contributed by atoms with Crippen LogP contribution in [0, 0.1) is 0 Å². The van der Waals surface area contributed by atoms with Gasteiger partial charge in [0.2, 0.25) is 5.91 Å². The molecule has 0 saturated carbocycles. The van der Waals surface area contributed by atoms with Crippen molar-refractivity contribution in [3.8, 4) is 22.1 Å². The van der Waals surface area contributed by atoms with Crippen LogP contribution in [0.4, 0.5) is 5.13 Å². The summed E-state index contributed by atoms with van der Waals surface area (Å²) in [7, 11) is 0. The molecule has 4 rings (SSSR count). The number of thiophene rings is 1. The van der Waals surface area contributed by atoms with Crippen LogP contribution < -0.4 is 14.8 Å². The van der Waals surface area contributed by atoms with Gasteiger partial charge >= 0.3 is 0 Å². The van der Waals surface area contributed by atoms with Gasteiger partial charge in [-0.3, -0.25) is 10.1 Å². The predicted molar refractivity (Wildman–Crippen MR) is 101 cm³/mol. The minimum Gasteiger partial charge on any atom is -0.486 e. The fraction of sp³-hybridized carbons (Fsp3) is 0.111. The Morgan fingerprint density at radius 2 is 2.04 bits per heavy atom. The van der Waals surface area contributed by atoms with Gasteiger partial charge in [-0.1, -0.05) is 12.1 Å². The molecule has 0 aliphatic carbocycles. The summed E-state index contributed by atoms with van der Waals surface area (Å²) in [5, 5.41) is 7.31. The van der Waals surface area contributed by atoms with Crippen LogP contribution in [0.2, 0.25) is 0 Å². The van der Waals surface area contributed by atoms with E-state index in [2.05, 4.69) is 10.3 Å². The van der Waals surface area contributed by atoms with Gasteiger partial charge < -0.3 is 9.47 Å². The van der Waals surface area contributed by atoms with Crippen molar-refractivity contribution < 1.29 is 14.3 Å². The molecule has 5 nitrogen and oxygen atoms in total. The zero-order valence-electron chi connectivity index (χ0n) is 13.1. The molecule has 0 atom stereocenters. The number of nitrogens with zero attached hydrogens (tertiary/aromatic N) is 1. The third-order valence-electron chi connectivity index (χ3n) is 3.50. The molecule has 3 aromatic rings. The second-order valence-corrected chi connectivity index (χ2v) is 7.05. The molecule has 0 bridgehead atoms. The number of ether oxygens (including phenoxy) is 2. The van der Waals surface area contributed by atoms with Crippen LogP contribution in [0.15, 0.2) is 47.2 Å². The number of carbonyl (C=O) groups is 1. The molecule has 1 aliphatic heterocycles. The van der Waals surface area contributed by atoms with E-state index >= 15 is 0 Å². The normalized spacial score (nSPS) is 13.1. The van der Waals surface area contributed by atoms with Crippen LogP contribution in [-0.4, -0.2) is 24.1 Å². The Balaban J connectivity index is 1.41. The standard InChI is InChI=1S/C18H14N2O3S2/c21-17(20-18-19-13(11-25-18)16-2-1-9-24-16)6-4-12-3-5-14-15(10-12)23-8-7-22-14/h1-6,9-11H,7-8H2,(H,19,20,21)/b6-4-. The Bertz CT molecular complexity index is 916. The first kappa shape index (κ1) is 15.9. The van der Waals surface area contributed by atoms with E-state index in [4.69, 9.17) is 9.47 Å². The molecule has 0 radical (unpaired) electrons. The van der Waals surface area contributed by atoms with Crippen molar-refractivity contribution in [1.29, 1.82) is 0 Å². The number of fused-ring (bicyclic) bond motifs is 1. The summed E-state index contributed by atoms with van der Waals surface area (Å²) in [6.07, 6.45) is 3.22. The number of hydrogen-bond donors (Lipinski definition) is 1. The highest BCUT2D eigenvalue weighted by Crippen LogP contribution is 2.31. The van der Waals surface area contributed by atoms with Gasteiger partial charge in [0.25, 0.3) is 0 Å². The number of nitrogens with one attached hydrogen (secondary N) is 1. The SMILES string of the molecule is O=C(/C=C\c1ccc2c(c1)OCCO2)Nc1nc(-c2cccs2)cs1. The van der Waals surface area contributed by atoms with Crippen LogP contribution >= 0.6 is 22.7 Å². The molecule has 1 N–H and O–H groups in total. The quantitative estimate of drug-likeness (QED) is 0.696. The minimum absolute atomic E-state index is 0.220. The summed E-state index contributed by atoms with van der Waals surface area (Å²) in [6, 6.07) is 9.58. The first-order chi connectivity index (χ1) is 12.3. The van der Waals surface area contributed by atoms with Gasteiger partial charge in [-0.15, -0.1) is 22.7 Å². The van der Waals surface area contributed by atoms with Crippen molar-refractivity contribution in [1.82, 2.24) is 4.98 Å². The monoisotopic (exact) mass is 370 g/mol. The molecule has 0 spiro atoms. The van der Waals surface area contributed by atoms with Crippen LogP contribution in [0.5, 0.6) is 11.5 Å². The number of thiazole rings is 1. The van der Waals surface area contributed by atoms with E-state index in [1.54, 1.807) is 17.4 Å². The molecule has 0 unspecified atom stereocenters. The number of anilines is 1. The van der Waals surface area contributed by atoms with Crippen LogP contribution in [0.25, 0.3) is 16.6 Å². The topological polar surface area (TPSA) is 60.5 Å². The maximum atomic E-state index is 12.1. The van der Waals surface area contributed by atoms with Crippen molar-refractivity contribution in [2.24, 2.45) is 0 Å². The molecule has 126 valence electrons. The fourth-order valence-corrected chi connectivity index (χ4v) is 3.83. The smallest absolute Gasteiger partial charge is 0.250 e. The van der Waals surface area contributed by atoms with E-state index < -0.39 is 0 Å². The lowest BCUT2D eigenvalue weighted by atomic mass is 10.2. The average Bonchev–Trinajstić information content (AvgIpc) is 3.31. The zero-order chi connectivity index (χ0) is 17.1. The van der Waals surface area contributed by atoms with Crippen molar-refractivity contribution >= 4 is 39.8 Å². The lowest BCUT2D eigenvalue weighted by molar-refractivity contribution is -0.111. The first-order valence-electron chi connectivity index (χ1n) is 7.66. The van der Waals surface area contributed by atoms with Crippen molar-refractivity contribution in [2.75, 3.05) is 18.5 Å². The number of carbonyl (C=O) groups excluding carboxylic acids is 1. The molecule has 2 aromatic heterocycles. The number of benzene rings is 1. The van der Waals surface area contributed by atoms with Gasteiger partial charge in [0.1, 0.15) is 13.2 Å². The maximum absolute atomic E-state index is 12.1. The number of aromatic nitrogens is 1. The van der Waals surface area contributed by atoms with E-state index in [-0.39, 0.29) is 5.91 Å². The average molecular weight is 370 g/mol. The van der Waals surface area contributed by atoms with Crippen LogP contribution in [-0.2, 0) is 4.79 Å². The van der Waals surface area contributed by atoms with Gasteiger partial charge in [0.15, 0.2) is 16.6 Å². The highest BCUT2D eigenvalue weighted by Gasteiger charge is 2.11. The second-order valence-electron chi connectivity index (χ2n) is 5.24. The Kier molecular flexibility index (Phi) is 4.49. The molecular formula is C18H14N2O3S2. The van der Waals surface area contributed by atoms with E-state index in [9.17, 15) is 4.79 Å². The Morgan fingerprint density at radius 1 is 1.16 bits per heavy atom. The van der Waals surface area contributed by atoms with Gasteiger partial charge in [-0.05, 0) is 35.2 Å². The third-order valence-corrected chi connectivity index (χ3v) is 5.15. The van der Waals surface area contributed by atoms with Crippen LogP contribution in [0.1, 0.15) is 5.56 Å². The molecule has 0 saturated heterocycles. The second kappa shape index (κ2) is 7.08. The molecule has 1 aromatic carbocycles. The number of amides is 1. The molecule has 25 heavy (non-hydrogen) atoms. The first-order valence-corrected chi connectivity index (χ1v) is 9.42. The summed E-state index contributed by atoms with van der Waals surface area (Å²) in [4.78, 5) is 17.6. The number of hydrogen-bond acceptors (Lipinski definition) is 6. The van der Waals surface area contributed by atoms with Crippen LogP contribution in [0.3, 0.4) is 0 Å². The van der Waals surface area contributed by atoms with E-state index in [0.29, 0.717) is 24.1 Å². The lowest BCUT2D eigenvalue weighted by Gasteiger charge is -2.18. The maximum Gasteiger partial charge on any atom is 0.250 e. The van der Waals surface area contributed by atoms with Crippen molar-refractivity contribution in [2.45, 2.75) is 0 Å². The highest BCUT2D eigenvalue weighted by atomic mass is 32.1. The summed E-state index contributed by atoms with van der Waals surface area (Å²) in [5.41, 5.74) is 1.75. The highest BCUT2D eigenvalue weighted by molar-refractivity contribution is 7.16. The van der Waals surface area contributed by atoms with Gasteiger partial charge in [-0.25, -0.2) is 4.98 Å². The lowest BCUT2D eigenvalue weighted by Crippen LogP contribution is -2.15. The van der Waals surface area contributed by atoms with Crippen molar-refractivity contribution in [3.63, 3.8) is 0 Å². The molecule has 3 heterocycles. The summed E-state index contributed by atoms with van der Waals surface area (Å²) in [6.45, 7) is 1.10. The Morgan fingerprint density at radius 3 is 2.88 bits per heavy atom. The molecule has 7 heteroatoms. The van der Waals surface area contributed by atoms with E-state index in [1.165, 1.54) is 17.4 Å². The Labute approximate surface area is 152 Å². The zero-order valence-corrected chi connectivity index (χ0v) is 14.7. The molecular weight excluding hydrogens is 356 g/mol. The summed E-state index contributed by atoms with van der Waals surface area (Å²) < 4.78 is 11.0. The van der Waals surface area contributed by atoms with Gasteiger partial charge in [-0.2, -0.15) is 0 Å². The van der Waals surface area contributed by atoms with Gasteiger partial charge in [0.05, 0.1) is 10.6 Å². The molecule has 1 amide bonds. The number of rotatable bonds is 4. The van der Waals surface area contributed by atoms with E-state index in [0.717, 1.165) is 21.9 Å². The fourth-order valence-electron chi connectivity index (χ4n) is 2.35. The van der Waals surface area contributed by atoms with E-state index in [1.807, 2.05) is 41.1 Å². The largest absolute Gasteiger partial charge is 0.486 e. The predicted octanol–water partition coefficient (Wildman–Crippen LogP) is 4.29. The summed E-state index contributed by atoms with van der Waals surface area (Å²) in [5.74, 6) is 1.22. The summed E-state index contributed by atoms with van der Waals surface area (Å²) >= 11 is 3.03.